The normalized spacial score (nSPS) is 19.7. The summed E-state index contributed by atoms with van der Waals surface area (Å²) in [6.07, 6.45) is 7.71. The second kappa shape index (κ2) is 3.79. The minimum atomic E-state index is 0.0798. The molecular formula is C12H15N3O. The monoisotopic (exact) mass is 217 g/mol. The Morgan fingerprint density at radius 2 is 2.50 bits per heavy atom. The van der Waals surface area contributed by atoms with Gasteiger partial charge in [-0.05, 0) is 31.4 Å². The summed E-state index contributed by atoms with van der Waals surface area (Å²) < 4.78 is 7.50. The molecule has 0 radical (unpaired) electrons. The SMILES string of the molecule is NC1CCCc2cnc(Cc3ccco3)n21. The van der Waals surface area contributed by atoms with Gasteiger partial charge in [0.2, 0.25) is 0 Å². The molecule has 0 aromatic carbocycles. The third-order valence-corrected chi connectivity index (χ3v) is 3.13. The van der Waals surface area contributed by atoms with E-state index in [9.17, 15) is 0 Å². The van der Waals surface area contributed by atoms with Crippen molar-refractivity contribution in [2.75, 3.05) is 0 Å². The van der Waals surface area contributed by atoms with Crippen LogP contribution in [-0.4, -0.2) is 9.55 Å². The van der Waals surface area contributed by atoms with Crippen molar-refractivity contribution in [3.8, 4) is 0 Å². The number of aromatic nitrogens is 2. The van der Waals surface area contributed by atoms with Crippen LogP contribution >= 0.6 is 0 Å². The fourth-order valence-electron chi connectivity index (χ4n) is 2.35. The molecule has 0 amide bonds. The Balaban J connectivity index is 1.93. The van der Waals surface area contributed by atoms with Crippen LogP contribution < -0.4 is 5.73 Å². The Labute approximate surface area is 94.1 Å². The van der Waals surface area contributed by atoms with Crippen molar-refractivity contribution in [2.45, 2.75) is 31.8 Å². The van der Waals surface area contributed by atoms with Gasteiger partial charge in [-0.25, -0.2) is 4.98 Å². The second-order valence-corrected chi connectivity index (χ2v) is 4.25. The minimum absolute atomic E-state index is 0.0798. The molecule has 1 aliphatic rings. The first-order valence-corrected chi connectivity index (χ1v) is 5.67. The zero-order valence-electron chi connectivity index (χ0n) is 9.10. The highest BCUT2D eigenvalue weighted by molar-refractivity contribution is 5.14. The first kappa shape index (κ1) is 9.66. The first-order valence-electron chi connectivity index (χ1n) is 5.67. The van der Waals surface area contributed by atoms with Gasteiger partial charge in [0, 0.05) is 11.9 Å². The highest BCUT2D eigenvalue weighted by atomic mass is 16.3. The Hall–Kier alpha value is -1.55. The molecule has 4 nitrogen and oxygen atoms in total. The minimum Gasteiger partial charge on any atom is -0.469 e. The lowest BCUT2D eigenvalue weighted by molar-refractivity contribution is 0.399. The number of hydrogen-bond acceptors (Lipinski definition) is 3. The third-order valence-electron chi connectivity index (χ3n) is 3.13. The van der Waals surface area contributed by atoms with Crippen molar-refractivity contribution in [2.24, 2.45) is 5.73 Å². The van der Waals surface area contributed by atoms with Crippen LogP contribution in [0.2, 0.25) is 0 Å². The topological polar surface area (TPSA) is 57.0 Å². The van der Waals surface area contributed by atoms with Gasteiger partial charge in [0.15, 0.2) is 0 Å². The van der Waals surface area contributed by atoms with Crippen LogP contribution in [0.25, 0.3) is 0 Å². The Bertz CT molecular complexity index is 472. The Morgan fingerprint density at radius 1 is 1.56 bits per heavy atom. The van der Waals surface area contributed by atoms with E-state index in [2.05, 4.69) is 9.55 Å². The molecular weight excluding hydrogens is 202 g/mol. The summed E-state index contributed by atoms with van der Waals surface area (Å²) in [5.74, 6) is 1.95. The fraction of sp³-hybridized carbons (Fsp3) is 0.417. The van der Waals surface area contributed by atoms with Crippen molar-refractivity contribution in [3.05, 3.63) is 41.9 Å². The van der Waals surface area contributed by atoms with Crippen LogP contribution in [0.3, 0.4) is 0 Å². The first-order chi connectivity index (χ1) is 7.84. The van der Waals surface area contributed by atoms with Gasteiger partial charge < -0.3 is 14.7 Å². The van der Waals surface area contributed by atoms with Crippen molar-refractivity contribution in [1.29, 1.82) is 0 Å². The van der Waals surface area contributed by atoms with E-state index in [-0.39, 0.29) is 6.17 Å². The lowest BCUT2D eigenvalue weighted by Crippen LogP contribution is -2.26. The average Bonchev–Trinajstić information content (AvgIpc) is 2.90. The van der Waals surface area contributed by atoms with Gasteiger partial charge in [-0.1, -0.05) is 0 Å². The number of fused-ring (bicyclic) bond motifs is 1. The van der Waals surface area contributed by atoms with E-state index in [0.29, 0.717) is 0 Å². The number of aryl methyl sites for hydroxylation is 1. The largest absolute Gasteiger partial charge is 0.469 e. The van der Waals surface area contributed by atoms with Crippen molar-refractivity contribution >= 4 is 0 Å². The molecule has 2 aromatic rings. The van der Waals surface area contributed by atoms with Crippen LogP contribution in [0.4, 0.5) is 0 Å². The average molecular weight is 217 g/mol. The van der Waals surface area contributed by atoms with Gasteiger partial charge >= 0.3 is 0 Å². The van der Waals surface area contributed by atoms with E-state index in [1.807, 2.05) is 18.3 Å². The molecule has 0 saturated heterocycles. The quantitative estimate of drug-likeness (QED) is 0.835. The molecule has 2 N–H and O–H groups in total. The molecule has 3 rings (SSSR count). The number of furan rings is 1. The predicted octanol–water partition coefficient (Wildman–Crippen LogP) is 1.86. The molecule has 0 spiro atoms. The van der Waals surface area contributed by atoms with Crippen LogP contribution in [0, 0.1) is 0 Å². The fourth-order valence-corrected chi connectivity index (χ4v) is 2.35. The summed E-state index contributed by atoms with van der Waals surface area (Å²) in [4.78, 5) is 4.45. The van der Waals surface area contributed by atoms with Crippen LogP contribution in [0.1, 0.15) is 36.3 Å². The summed E-state index contributed by atoms with van der Waals surface area (Å²) in [7, 11) is 0. The van der Waals surface area contributed by atoms with E-state index >= 15 is 0 Å². The second-order valence-electron chi connectivity index (χ2n) is 4.25. The predicted molar refractivity (Wildman–Crippen MR) is 59.9 cm³/mol. The number of nitrogens with zero attached hydrogens (tertiary/aromatic N) is 2. The van der Waals surface area contributed by atoms with Crippen LogP contribution in [0.15, 0.2) is 29.0 Å². The van der Waals surface area contributed by atoms with Gasteiger partial charge in [-0.2, -0.15) is 0 Å². The van der Waals surface area contributed by atoms with Crippen LogP contribution in [0.5, 0.6) is 0 Å². The summed E-state index contributed by atoms with van der Waals surface area (Å²) >= 11 is 0. The lowest BCUT2D eigenvalue weighted by Gasteiger charge is -2.23. The lowest BCUT2D eigenvalue weighted by atomic mass is 10.1. The maximum Gasteiger partial charge on any atom is 0.117 e. The smallest absolute Gasteiger partial charge is 0.117 e. The highest BCUT2D eigenvalue weighted by Crippen LogP contribution is 2.24. The molecule has 1 atom stereocenters. The summed E-state index contributed by atoms with van der Waals surface area (Å²) in [6.45, 7) is 0. The van der Waals surface area contributed by atoms with E-state index in [1.54, 1.807) is 6.26 Å². The van der Waals surface area contributed by atoms with Gasteiger partial charge in [-0.3, -0.25) is 0 Å². The molecule has 2 aromatic heterocycles. The molecule has 0 saturated carbocycles. The van der Waals surface area contributed by atoms with Crippen molar-refractivity contribution < 1.29 is 4.42 Å². The number of imidazole rings is 1. The van der Waals surface area contributed by atoms with Gasteiger partial charge in [0.25, 0.3) is 0 Å². The van der Waals surface area contributed by atoms with Crippen LogP contribution in [-0.2, 0) is 12.8 Å². The maximum atomic E-state index is 6.11. The van der Waals surface area contributed by atoms with Crippen molar-refractivity contribution in [3.63, 3.8) is 0 Å². The molecule has 0 fully saturated rings. The number of nitrogens with two attached hydrogens (primary N) is 1. The summed E-state index contributed by atoms with van der Waals surface area (Å²) in [6, 6.07) is 3.87. The molecule has 16 heavy (non-hydrogen) atoms. The molecule has 3 heterocycles. The van der Waals surface area contributed by atoms with E-state index < -0.39 is 0 Å². The molecule has 84 valence electrons. The zero-order chi connectivity index (χ0) is 11.0. The summed E-state index contributed by atoms with van der Waals surface area (Å²) in [5, 5.41) is 0. The standard InChI is InChI=1S/C12H15N3O/c13-11-5-1-3-9-8-14-12(15(9)11)7-10-4-2-6-16-10/h2,4,6,8,11H,1,3,5,7,13H2. The van der Waals surface area contributed by atoms with E-state index in [4.69, 9.17) is 10.2 Å². The third kappa shape index (κ3) is 1.55. The highest BCUT2D eigenvalue weighted by Gasteiger charge is 2.20. The zero-order valence-corrected chi connectivity index (χ0v) is 9.10. The van der Waals surface area contributed by atoms with E-state index in [1.165, 1.54) is 5.69 Å². The van der Waals surface area contributed by atoms with Crippen molar-refractivity contribution in [1.82, 2.24) is 9.55 Å². The molecule has 1 unspecified atom stereocenters. The molecule has 4 heteroatoms. The number of rotatable bonds is 2. The molecule has 0 aliphatic carbocycles. The Morgan fingerprint density at radius 3 is 3.31 bits per heavy atom. The molecule has 0 bridgehead atoms. The van der Waals surface area contributed by atoms with E-state index in [0.717, 1.165) is 37.3 Å². The molecule has 1 aliphatic heterocycles. The van der Waals surface area contributed by atoms with Gasteiger partial charge in [-0.15, -0.1) is 0 Å². The Kier molecular flexibility index (Phi) is 2.29. The van der Waals surface area contributed by atoms with Gasteiger partial charge in [0.05, 0.1) is 18.8 Å². The maximum absolute atomic E-state index is 6.11. The summed E-state index contributed by atoms with van der Waals surface area (Å²) in [5.41, 5.74) is 7.36. The van der Waals surface area contributed by atoms with Gasteiger partial charge in [0.1, 0.15) is 11.6 Å². The number of hydrogen-bond donors (Lipinski definition) is 1.